The second-order valence-electron chi connectivity index (χ2n) is 10.6. The molecule has 0 saturated heterocycles. The van der Waals surface area contributed by atoms with E-state index in [1.807, 2.05) is 0 Å². The lowest BCUT2D eigenvalue weighted by atomic mass is 9.46. The van der Waals surface area contributed by atoms with E-state index in [0.717, 1.165) is 44.1 Å². The van der Waals surface area contributed by atoms with Crippen molar-refractivity contribution in [1.29, 1.82) is 0 Å². The van der Waals surface area contributed by atoms with Gasteiger partial charge in [-0.1, -0.05) is 13.8 Å². The zero-order chi connectivity index (χ0) is 22.6. The highest BCUT2D eigenvalue weighted by Crippen LogP contribution is 2.67. The van der Waals surface area contributed by atoms with Gasteiger partial charge in [0, 0.05) is 26.2 Å². The van der Waals surface area contributed by atoms with Gasteiger partial charge in [0.25, 0.3) is 0 Å². The number of hydrogen-bond donors (Lipinski definition) is 0. The van der Waals surface area contributed by atoms with Gasteiger partial charge in [0.1, 0.15) is 12.7 Å². The first kappa shape index (κ1) is 22.2. The zero-order valence-corrected chi connectivity index (χ0v) is 19.1. The smallest absolute Gasteiger partial charge is 0.303 e. The molecule has 0 aromatic heterocycles. The van der Waals surface area contributed by atoms with Crippen molar-refractivity contribution in [2.75, 3.05) is 6.61 Å². The molecule has 0 heterocycles. The zero-order valence-electron chi connectivity index (χ0n) is 19.1. The van der Waals surface area contributed by atoms with Crippen molar-refractivity contribution in [3.05, 3.63) is 11.6 Å². The molecule has 170 valence electrons. The van der Waals surface area contributed by atoms with Crippen LogP contribution in [0.5, 0.6) is 0 Å². The van der Waals surface area contributed by atoms with Crippen molar-refractivity contribution in [2.24, 2.45) is 34.5 Å². The van der Waals surface area contributed by atoms with E-state index in [0.29, 0.717) is 24.2 Å². The van der Waals surface area contributed by atoms with Crippen LogP contribution in [0.3, 0.4) is 0 Å². The Morgan fingerprint density at radius 2 is 1.77 bits per heavy atom. The van der Waals surface area contributed by atoms with Crippen LogP contribution in [0.25, 0.3) is 0 Å². The number of Topliss-reactive ketones (excluding diaryl/α,β-unsaturated/α-hetero) is 1. The first-order chi connectivity index (χ1) is 14.6. The van der Waals surface area contributed by atoms with Crippen molar-refractivity contribution in [2.45, 2.75) is 78.7 Å². The van der Waals surface area contributed by atoms with Gasteiger partial charge in [-0.05, 0) is 78.8 Å². The van der Waals surface area contributed by atoms with Gasteiger partial charge in [-0.15, -0.1) is 0 Å². The Bertz CT molecular complexity index is 843. The summed E-state index contributed by atoms with van der Waals surface area (Å²) in [5, 5.41) is 0. The summed E-state index contributed by atoms with van der Waals surface area (Å²) in [7, 11) is 0. The molecule has 3 saturated carbocycles. The average molecular weight is 431 g/mol. The van der Waals surface area contributed by atoms with Crippen molar-refractivity contribution >= 4 is 23.5 Å². The molecular weight excluding hydrogens is 396 g/mol. The van der Waals surface area contributed by atoms with Crippen molar-refractivity contribution in [1.82, 2.24) is 0 Å². The molecule has 4 aliphatic carbocycles. The number of carbonyl (C=O) groups is 4. The average Bonchev–Trinajstić information content (AvgIpc) is 3.04. The molecule has 0 aliphatic heterocycles. The maximum atomic E-state index is 12.9. The molecule has 31 heavy (non-hydrogen) atoms. The number of fused-ring (bicyclic) bond motifs is 5. The lowest BCUT2D eigenvalue weighted by molar-refractivity contribution is -0.155. The maximum Gasteiger partial charge on any atom is 0.303 e. The molecule has 4 rings (SSSR count). The van der Waals surface area contributed by atoms with Crippen LogP contribution < -0.4 is 0 Å². The van der Waals surface area contributed by atoms with Crippen LogP contribution in [0.15, 0.2) is 11.6 Å². The first-order valence-corrected chi connectivity index (χ1v) is 11.6. The van der Waals surface area contributed by atoms with E-state index in [-0.39, 0.29) is 47.0 Å². The van der Waals surface area contributed by atoms with Crippen LogP contribution in [0.2, 0.25) is 0 Å². The lowest BCUT2D eigenvalue weighted by Crippen LogP contribution is -2.55. The number of ether oxygens (including phenoxy) is 2. The molecule has 0 radical (unpaired) electrons. The summed E-state index contributed by atoms with van der Waals surface area (Å²) < 4.78 is 10.8. The molecule has 0 amide bonds. The Morgan fingerprint density at radius 1 is 1.03 bits per heavy atom. The van der Waals surface area contributed by atoms with Gasteiger partial charge in [0.05, 0.1) is 0 Å². The van der Waals surface area contributed by atoms with Crippen LogP contribution in [0.4, 0.5) is 0 Å². The molecule has 4 aliphatic rings. The van der Waals surface area contributed by atoms with Gasteiger partial charge in [-0.2, -0.15) is 0 Å². The Labute approximate surface area is 184 Å². The number of rotatable bonds is 4. The van der Waals surface area contributed by atoms with Crippen molar-refractivity contribution < 1.29 is 28.7 Å². The van der Waals surface area contributed by atoms with Gasteiger partial charge in [0.15, 0.2) is 11.6 Å². The summed E-state index contributed by atoms with van der Waals surface area (Å²) in [5.74, 6) is 0.469. The standard InChI is InChI=1S/C25H34O6/c1-14(26)30-13-22(29)20-6-5-18-17-12-23(31-15(2)27)21-11-16(28)7-9-25(21,4)19(17)8-10-24(18,20)3/h11,17-20,23H,5-10,12-13H2,1-4H3. The van der Waals surface area contributed by atoms with Crippen LogP contribution in [-0.4, -0.2) is 36.2 Å². The Kier molecular flexibility index (Phi) is 5.63. The van der Waals surface area contributed by atoms with E-state index in [1.54, 1.807) is 6.08 Å². The summed E-state index contributed by atoms with van der Waals surface area (Å²) in [4.78, 5) is 48.2. The second kappa shape index (κ2) is 7.86. The summed E-state index contributed by atoms with van der Waals surface area (Å²) in [6.07, 6.45) is 7.22. The SMILES string of the molecule is CC(=O)OCC(=O)C1CCC2C3CC(OC(C)=O)C4=CC(=O)CCC4(C)C3CCC12C. The molecule has 0 aromatic carbocycles. The molecule has 0 bridgehead atoms. The van der Waals surface area contributed by atoms with E-state index >= 15 is 0 Å². The Hall–Kier alpha value is -1.98. The molecule has 3 fully saturated rings. The number of hydrogen-bond acceptors (Lipinski definition) is 6. The summed E-state index contributed by atoms with van der Waals surface area (Å²) in [6, 6.07) is 0. The summed E-state index contributed by atoms with van der Waals surface area (Å²) in [6.45, 7) is 7.10. The summed E-state index contributed by atoms with van der Waals surface area (Å²) in [5.41, 5.74) is 0.739. The van der Waals surface area contributed by atoms with Crippen LogP contribution >= 0.6 is 0 Å². The third-order valence-corrected chi connectivity index (χ3v) is 9.07. The van der Waals surface area contributed by atoms with Gasteiger partial charge < -0.3 is 9.47 Å². The normalized spacial score (nSPS) is 41.4. The van der Waals surface area contributed by atoms with E-state index in [9.17, 15) is 19.2 Å². The third kappa shape index (κ3) is 3.66. The van der Waals surface area contributed by atoms with Crippen molar-refractivity contribution in [3.63, 3.8) is 0 Å². The van der Waals surface area contributed by atoms with Crippen molar-refractivity contribution in [3.8, 4) is 0 Å². The molecule has 6 heteroatoms. The van der Waals surface area contributed by atoms with E-state index in [1.165, 1.54) is 13.8 Å². The number of ketones is 2. The minimum atomic E-state index is -0.424. The molecule has 0 aromatic rings. The molecule has 6 nitrogen and oxygen atoms in total. The Balaban J connectivity index is 1.63. The van der Waals surface area contributed by atoms with E-state index in [4.69, 9.17) is 9.47 Å². The lowest BCUT2D eigenvalue weighted by Gasteiger charge is -2.59. The monoisotopic (exact) mass is 430 g/mol. The molecule has 0 spiro atoms. The topological polar surface area (TPSA) is 86.7 Å². The van der Waals surface area contributed by atoms with Crippen LogP contribution in [0, 0.1) is 34.5 Å². The van der Waals surface area contributed by atoms with Gasteiger partial charge in [0.2, 0.25) is 0 Å². The quantitative estimate of drug-likeness (QED) is 0.631. The minimum absolute atomic E-state index is 0.0288. The van der Waals surface area contributed by atoms with E-state index < -0.39 is 5.97 Å². The fourth-order valence-electron chi connectivity index (χ4n) is 7.69. The van der Waals surface area contributed by atoms with Crippen LogP contribution in [0.1, 0.15) is 72.6 Å². The highest BCUT2D eigenvalue weighted by molar-refractivity contribution is 5.92. The predicted octanol–water partition coefficient (Wildman–Crippen LogP) is 3.81. The number of carbonyl (C=O) groups excluding carboxylic acids is 4. The first-order valence-electron chi connectivity index (χ1n) is 11.6. The fraction of sp³-hybridized carbons (Fsp3) is 0.760. The maximum absolute atomic E-state index is 12.9. The minimum Gasteiger partial charge on any atom is -0.458 e. The third-order valence-electron chi connectivity index (χ3n) is 9.07. The fourth-order valence-corrected chi connectivity index (χ4v) is 7.69. The number of esters is 2. The Morgan fingerprint density at radius 3 is 2.45 bits per heavy atom. The molecular formula is C25H34O6. The highest BCUT2D eigenvalue weighted by atomic mass is 16.5. The predicted molar refractivity (Wildman–Crippen MR) is 113 cm³/mol. The second-order valence-corrected chi connectivity index (χ2v) is 10.6. The summed E-state index contributed by atoms with van der Waals surface area (Å²) >= 11 is 0. The van der Waals surface area contributed by atoms with Gasteiger partial charge in [-0.25, -0.2) is 0 Å². The molecule has 0 N–H and O–H groups in total. The van der Waals surface area contributed by atoms with Crippen LogP contribution in [-0.2, 0) is 28.7 Å². The highest BCUT2D eigenvalue weighted by Gasteiger charge is 2.62. The van der Waals surface area contributed by atoms with E-state index in [2.05, 4.69) is 13.8 Å². The largest absolute Gasteiger partial charge is 0.458 e. The molecule has 7 atom stereocenters. The molecule has 7 unspecified atom stereocenters. The van der Waals surface area contributed by atoms with Gasteiger partial charge in [-0.3, -0.25) is 19.2 Å². The van der Waals surface area contributed by atoms with Gasteiger partial charge >= 0.3 is 11.9 Å².